The number of nitrogens with zero attached hydrogens (tertiary/aromatic N) is 1. The highest BCUT2D eigenvalue weighted by atomic mass is 127. The third-order valence-electron chi connectivity index (χ3n) is 7.64. The third kappa shape index (κ3) is 9.46. The number of allylic oxidation sites excluding steroid dienone is 2. The zero-order valence-corrected chi connectivity index (χ0v) is 26.9. The number of hydrogen-bond donors (Lipinski definition) is 1. The molecule has 1 saturated heterocycles. The highest BCUT2D eigenvalue weighted by Gasteiger charge is 2.27. The zero-order chi connectivity index (χ0) is 27.0. The second-order valence-electron chi connectivity index (χ2n) is 11.0. The molecular formula is C31H40I2N2O4. The molecule has 5 rings (SSSR count). The Labute approximate surface area is 260 Å². The van der Waals surface area contributed by atoms with Gasteiger partial charge < -0.3 is 24.3 Å². The second kappa shape index (κ2) is 14.7. The molecule has 212 valence electrons. The first kappa shape index (κ1) is 29.4. The topological polar surface area (TPSA) is 64.6 Å². The SMILES string of the molecule is C=C(Cc1ccc(OC2=CC(I)C(OCC3CO3)C=C2)c(I)c1)OC(=NC1CCCCC1)NC1CCCCC1. The molecule has 8 heteroatoms. The fraction of sp³-hybridized carbons (Fsp3) is 0.581. The monoisotopic (exact) mass is 758 g/mol. The van der Waals surface area contributed by atoms with Crippen LogP contribution in [-0.4, -0.2) is 47.5 Å². The molecule has 2 saturated carbocycles. The van der Waals surface area contributed by atoms with Crippen molar-refractivity contribution >= 4 is 51.2 Å². The standard InChI is InChI=1S/C31H40I2N2O4/c1-21(38-31(34-23-8-4-2-5-9-23)35-24-10-6-3-7-11-24)16-22-12-14-30(27(32)17-22)39-25-13-15-29(28(33)18-25)37-20-26-19-36-26/h12-15,17-18,23-24,26,28-29H,1-11,16,19-20H2,(H,34,35). The molecule has 1 N–H and O–H groups in total. The van der Waals surface area contributed by atoms with E-state index in [9.17, 15) is 0 Å². The second-order valence-corrected chi connectivity index (χ2v) is 13.6. The molecule has 1 aromatic rings. The number of benzene rings is 1. The minimum Gasteiger partial charge on any atom is -0.457 e. The van der Waals surface area contributed by atoms with Gasteiger partial charge in [0.1, 0.15) is 23.4 Å². The summed E-state index contributed by atoms with van der Waals surface area (Å²) in [5, 5.41) is 3.63. The van der Waals surface area contributed by atoms with E-state index in [1.807, 2.05) is 12.1 Å². The fourth-order valence-corrected chi connectivity index (χ4v) is 6.85. The molecular weight excluding hydrogens is 718 g/mol. The Morgan fingerprint density at radius 2 is 1.82 bits per heavy atom. The van der Waals surface area contributed by atoms with Crippen molar-refractivity contribution in [2.24, 2.45) is 4.99 Å². The van der Waals surface area contributed by atoms with Gasteiger partial charge in [0.25, 0.3) is 6.02 Å². The maximum Gasteiger partial charge on any atom is 0.290 e. The summed E-state index contributed by atoms with van der Waals surface area (Å²) >= 11 is 4.74. The first-order valence-electron chi connectivity index (χ1n) is 14.5. The van der Waals surface area contributed by atoms with Crippen molar-refractivity contribution in [2.45, 2.75) is 98.8 Å². The summed E-state index contributed by atoms with van der Waals surface area (Å²) in [5.74, 6) is 2.40. The molecule has 4 aliphatic rings. The Morgan fingerprint density at radius 1 is 1.08 bits per heavy atom. The number of epoxide rings is 1. The first-order valence-corrected chi connectivity index (χ1v) is 16.8. The van der Waals surface area contributed by atoms with Crippen LogP contribution in [0.2, 0.25) is 0 Å². The van der Waals surface area contributed by atoms with Crippen LogP contribution in [0.1, 0.15) is 69.8 Å². The van der Waals surface area contributed by atoms with Gasteiger partial charge >= 0.3 is 0 Å². The van der Waals surface area contributed by atoms with Crippen LogP contribution in [-0.2, 0) is 20.6 Å². The number of amidine groups is 1. The van der Waals surface area contributed by atoms with Crippen LogP contribution in [0, 0.1) is 3.57 Å². The average Bonchev–Trinajstić information content (AvgIpc) is 3.75. The van der Waals surface area contributed by atoms with Crippen molar-refractivity contribution in [1.29, 1.82) is 0 Å². The van der Waals surface area contributed by atoms with Gasteiger partial charge in [0, 0.05) is 12.5 Å². The highest BCUT2D eigenvalue weighted by Crippen LogP contribution is 2.29. The van der Waals surface area contributed by atoms with Gasteiger partial charge in [-0.15, -0.1) is 0 Å². The van der Waals surface area contributed by atoms with E-state index in [2.05, 4.69) is 81.4 Å². The summed E-state index contributed by atoms with van der Waals surface area (Å²) in [4.78, 5) is 5.02. The van der Waals surface area contributed by atoms with Crippen molar-refractivity contribution in [3.05, 3.63) is 63.7 Å². The Bertz CT molecular complexity index is 1070. The number of aliphatic imine (C=N–C) groups is 1. The quantitative estimate of drug-likeness (QED) is 0.0674. The Hall–Kier alpha value is -1.11. The molecule has 6 nitrogen and oxygen atoms in total. The molecule has 3 atom stereocenters. The molecule has 3 unspecified atom stereocenters. The summed E-state index contributed by atoms with van der Waals surface area (Å²) in [6.45, 7) is 5.71. The van der Waals surface area contributed by atoms with Crippen molar-refractivity contribution < 1.29 is 18.9 Å². The van der Waals surface area contributed by atoms with Crippen LogP contribution in [0.4, 0.5) is 0 Å². The Kier molecular flexibility index (Phi) is 11.1. The van der Waals surface area contributed by atoms with Crippen LogP contribution >= 0.6 is 45.2 Å². The van der Waals surface area contributed by atoms with E-state index in [1.54, 1.807) is 0 Å². The maximum atomic E-state index is 6.28. The van der Waals surface area contributed by atoms with Crippen molar-refractivity contribution in [1.82, 2.24) is 5.32 Å². The summed E-state index contributed by atoms with van der Waals surface area (Å²) in [5.41, 5.74) is 1.14. The van der Waals surface area contributed by atoms with E-state index in [1.165, 1.54) is 51.4 Å². The van der Waals surface area contributed by atoms with Gasteiger partial charge in [0.05, 0.1) is 32.9 Å². The number of halogens is 2. The van der Waals surface area contributed by atoms with Gasteiger partial charge in [-0.05, 0) is 78.1 Å². The summed E-state index contributed by atoms with van der Waals surface area (Å²) in [6.07, 6.45) is 19.5. The van der Waals surface area contributed by atoms with Crippen LogP contribution in [0.5, 0.6) is 5.75 Å². The van der Waals surface area contributed by atoms with Gasteiger partial charge in [-0.3, -0.25) is 0 Å². The van der Waals surface area contributed by atoms with Crippen LogP contribution in [0.3, 0.4) is 0 Å². The molecule has 3 aliphatic carbocycles. The van der Waals surface area contributed by atoms with E-state index < -0.39 is 0 Å². The average molecular weight is 758 g/mol. The Morgan fingerprint density at radius 3 is 2.51 bits per heavy atom. The van der Waals surface area contributed by atoms with Gasteiger partial charge in [-0.1, -0.05) is 79.8 Å². The minimum absolute atomic E-state index is 0.0498. The van der Waals surface area contributed by atoms with Crippen molar-refractivity contribution in [3.63, 3.8) is 0 Å². The lowest BCUT2D eigenvalue weighted by atomic mass is 9.95. The molecule has 1 aromatic carbocycles. The lowest BCUT2D eigenvalue weighted by Gasteiger charge is -2.26. The van der Waals surface area contributed by atoms with Gasteiger partial charge in [-0.2, -0.15) is 0 Å². The van der Waals surface area contributed by atoms with E-state index in [0.29, 0.717) is 36.9 Å². The first-order chi connectivity index (χ1) is 19.0. The zero-order valence-electron chi connectivity index (χ0n) is 22.6. The van der Waals surface area contributed by atoms with E-state index in [-0.39, 0.29) is 16.1 Å². The summed E-state index contributed by atoms with van der Waals surface area (Å²) in [7, 11) is 0. The fourth-order valence-electron chi connectivity index (χ4n) is 5.36. The molecule has 0 spiro atoms. The summed E-state index contributed by atoms with van der Waals surface area (Å²) in [6, 6.07) is 7.75. The Balaban J connectivity index is 1.16. The predicted molar refractivity (Wildman–Crippen MR) is 173 cm³/mol. The van der Waals surface area contributed by atoms with Gasteiger partial charge in [0.15, 0.2) is 0 Å². The molecule has 3 fully saturated rings. The van der Waals surface area contributed by atoms with E-state index >= 15 is 0 Å². The number of nitrogens with one attached hydrogen (secondary N) is 1. The molecule has 0 bridgehead atoms. The predicted octanol–water partition coefficient (Wildman–Crippen LogP) is 7.40. The molecule has 0 amide bonds. The molecule has 39 heavy (non-hydrogen) atoms. The van der Waals surface area contributed by atoms with E-state index in [0.717, 1.165) is 40.1 Å². The molecule has 0 aromatic heterocycles. The molecule has 1 aliphatic heterocycles. The van der Waals surface area contributed by atoms with Crippen LogP contribution in [0.25, 0.3) is 0 Å². The minimum atomic E-state index is 0.0498. The number of hydrogen-bond acceptors (Lipinski definition) is 5. The highest BCUT2D eigenvalue weighted by molar-refractivity contribution is 14.1. The lowest BCUT2D eigenvalue weighted by molar-refractivity contribution is 0.0775. The van der Waals surface area contributed by atoms with E-state index in [4.69, 9.17) is 23.9 Å². The number of rotatable bonds is 10. The smallest absolute Gasteiger partial charge is 0.290 e. The largest absolute Gasteiger partial charge is 0.457 e. The number of ether oxygens (including phenoxy) is 4. The summed E-state index contributed by atoms with van der Waals surface area (Å²) < 4.78 is 25.0. The maximum absolute atomic E-state index is 6.28. The van der Waals surface area contributed by atoms with Crippen LogP contribution in [0.15, 0.2) is 59.5 Å². The van der Waals surface area contributed by atoms with Crippen LogP contribution < -0.4 is 10.1 Å². The normalized spacial score (nSPS) is 26.2. The molecule has 1 heterocycles. The lowest BCUT2D eigenvalue weighted by Crippen LogP contribution is -2.38. The van der Waals surface area contributed by atoms with Gasteiger partial charge in [-0.25, -0.2) is 4.99 Å². The molecule has 0 radical (unpaired) electrons. The third-order valence-corrected chi connectivity index (χ3v) is 9.55. The van der Waals surface area contributed by atoms with Crippen molar-refractivity contribution in [3.8, 4) is 5.75 Å². The van der Waals surface area contributed by atoms with Crippen molar-refractivity contribution in [2.75, 3.05) is 13.2 Å². The van der Waals surface area contributed by atoms with Gasteiger partial charge in [0.2, 0.25) is 0 Å². The number of alkyl halides is 1.